The highest BCUT2D eigenvalue weighted by atomic mass is 16.5. The van der Waals surface area contributed by atoms with Gasteiger partial charge in [-0.15, -0.1) is 0 Å². The van der Waals surface area contributed by atoms with Gasteiger partial charge in [0.1, 0.15) is 12.2 Å². The maximum Gasteiger partial charge on any atom is 0.313 e. The number of rotatable bonds is 5. The molecule has 80 valence electrons. The van der Waals surface area contributed by atoms with Crippen molar-refractivity contribution in [3.05, 3.63) is 0 Å². The van der Waals surface area contributed by atoms with Crippen LogP contribution in [0.15, 0.2) is 0 Å². The van der Waals surface area contributed by atoms with Gasteiger partial charge in [0.15, 0.2) is 0 Å². The molecule has 0 bridgehead atoms. The number of Topliss-reactive ketones (excluding diaryl/α,β-unsaturated/α-hetero) is 1. The van der Waals surface area contributed by atoms with Crippen LogP contribution in [0, 0.1) is 0 Å². The van der Waals surface area contributed by atoms with Crippen LogP contribution in [0.25, 0.3) is 0 Å². The third kappa shape index (κ3) is 3.87. The van der Waals surface area contributed by atoms with Gasteiger partial charge in [0.05, 0.1) is 12.7 Å². The maximum atomic E-state index is 11.3. The van der Waals surface area contributed by atoms with Crippen LogP contribution in [0.5, 0.6) is 0 Å². The molecule has 0 aromatic rings. The Balaban J connectivity index is 2.17. The first-order chi connectivity index (χ1) is 6.72. The molecule has 0 spiro atoms. The Labute approximate surface area is 83.6 Å². The third-order valence-electron chi connectivity index (χ3n) is 2.13. The second kappa shape index (κ2) is 5.75. The van der Waals surface area contributed by atoms with Gasteiger partial charge in [0, 0.05) is 13.0 Å². The topological polar surface area (TPSA) is 52.6 Å². The molecule has 0 unspecified atom stereocenters. The lowest BCUT2D eigenvalue weighted by molar-refractivity contribution is -0.145. The van der Waals surface area contributed by atoms with Crippen molar-refractivity contribution in [2.75, 3.05) is 13.2 Å². The molecule has 0 amide bonds. The van der Waals surface area contributed by atoms with E-state index in [1.54, 1.807) is 6.92 Å². The number of carbonyl (C=O) groups is 2. The van der Waals surface area contributed by atoms with Crippen molar-refractivity contribution in [2.45, 2.75) is 38.7 Å². The molecule has 1 saturated heterocycles. The Hall–Kier alpha value is -0.900. The molecule has 0 aromatic carbocycles. The summed E-state index contributed by atoms with van der Waals surface area (Å²) in [4.78, 5) is 22.2. The zero-order chi connectivity index (χ0) is 10.4. The molecule has 1 aliphatic heterocycles. The summed E-state index contributed by atoms with van der Waals surface area (Å²) in [5.74, 6) is -0.522. The normalized spacial score (nSPS) is 20.8. The molecule has 0 saturated carbocycles. The predicted octanol–water partition coefficient (Wildman–Crippen LogP) is 1.08. The largest absolute Gasteiger partial charge is 0.466 e. The summed E-state index contributed by atoms with van der Waals surface area (Å²) < 4.78 is 9.97. The number of ketones is 1. The minimum Gasteiger partial charge on any atom is -0.466 e. The SMILES string of the molecule is CCOC(=O)CC(=O)C[C@@H]1CCCO1. The van der Waals surface area contributed by atoms with Crippen molar-refractivity contribution in [1.82, 2.24) is 0 Å². The van der Waals surface area contributed by atoms with Gasteiger partial charge in [-0.2, -0.15) is 0 Å². The minimum atomic E-state index is -0.435. The van der Waals surface area contributed by atoms with Crippen molar-refractivity contribution in [3.8, 4) is 0 Å². The van der Waals surface area contributed by atoms with Gasteiger partial charge in [-0.05, 0) is 19.8 Å². The van der Waals surface area contributed by atoms with E-state index in [1.165, 1.54) is 0 Å². The molecule has 0 aromatic heterocycles. The Morgan fingerprint density at radius 3 is 2.86 bits per heavy atom. The van der Waals surface area contributed by atoms with Crippen LogP contribution in [0.1, 0.15) is 32.6 Å². The monoisotopic (exact) mass is 200 g/mol. The Morgan fingerprint density at radius 2 is 2.29 bits per heavy atom. The Kier molecular flexibility index (Phi) is 4.59. The van der Waals surface area contributed by atoms with E-state index < -0.39 is 5.97 Å². The van der Waals surface area contributed by atoms with Crippen LogP contribution in [0.2, 0.25) is 0 Å². The summed E-state index contributed by atoms with van der Waals surface area (Å²) in [6.07, 6.45) is 2.19. The van der Waals surface area contributed by atoms with Gasteiger partial charge >= 0.3 is 5.97 Å². The van der Waals surface area contributed by atoms with E-state index in [4.69, 9.17) is 4.74 Å². The van der Waals surface area contributed by atoms with Crippen molar-refractivity contribution >= 4 is 11.8 Å². The van der Waals surface area contributed by atoms with Crippen molar-refractivity contribution < 1.29 is 19.1 Å². The molecule has 1 rings (SSSR count). The van der Waals surface area contributed by atoms with Crippen LogP contribution in [-0.2, 0) is 19.1 Å². The molecule has 4 nitrogen and oxygen atoms in total. The van der Waals surface area contributed by atoms with Gasteiger partial charge in [-0.1, -0.05) is 0 Å². The molecule has 0 N–H and O–H groups in total. The lowest BCUT2D eigenvalue weighted by atomic mass is 10.1. The standard InChI is InChI=1S/C10H16O4/c1-2-13-10(12)7-8(11)6-9-4-3-5-14-9/h9H,2-7H2,1H3/t9-/m0/s1. The Morgan fingerprint density at radius 1 is 1.50 bits per heavy atom. The van der Waals surface area contributed by atoms with E-state index >= 15 is 0 Å². The number of ether oxygens (including phenoxy) is 2. The molecule has 14 heavy (non-hydrogen) atoms. The zero-order valence-corrected chi connectivity index (χ0v) is 8.45. The molecule has 4 heteroatoms. The van der Waals surface area contributed by atoms with Gasteiger partial charge in [0.2, 0.25) is 0 Å². The fourth-order valence-corrected chi connectivity index (χ4v) is 1.50. The van der Waals surface area contributed by atoms with Gasteiger partial charge < -0.3 is 9.47 Å². The number of esters is 1. The first-order valence-electron chi connectivity index (χ1n) is 5.01. The van der Waals surface area contributed by atoms with E-state index in [0.29, 0.717) is 13.0 Å². The van der Waals surface area contributed by atoms with Crippen LogP contribution in [-0.4, -0.2) is 31.1 Å². The van der Waals surface area contributed by atoms with Crippen LogP contribution in [0.3, 0.4) is 0 Å². The molecule has 1 atom stereocenters. The van der Waals surface area contributed by atoms with Gasteiger partial charge in [-0.3, -0.25) is 9.59 Å². The quantitative estimate of drug-likeness (QED) is 0.492. The predicted molar refractivity (Wildman–Crippen MR) is 49.8 cm³/mol. The average molecular weight is 200 g/mol. The van der Waals surface area contributed by atoms with E-state index in [1.807, 2.05) is 0 Å². The number of carbonyl (C=O) groups excluding carboxylic acids is 2. The number of hydrogen-bond donors (Lipinski definition) is 0. The highest BCUT2D eigenvalue weighted by Crippen LogP contribution is 2.16. The highest BCUT2D eigenvalue weighted by molar-refractivity contribution is 5.95. The van der Waals surface area contributed by atoms with Crippen LogP contribution in [0.4, 0.5) is 0 Å². The molecule has 1 aliphatic rings. The van der Waals surface area contributed by atoms with Gasteiger partial charge in [0.25, 0.3) is 0 Å². The number of hydrogen-bond acceptors (Lipinski definition) is 4. The van der Waals surface area contributed by atoms with Crippen molar-refractivity contribution in [1.29, 1.82) is 0 Å². The molecular formula is C10H16O4. The van der Waals surface area contributed by atoms with Crippen LogP contribution >= 0.6 is 0 Å². The highest BCUT2D eigenvalue weighted by Gasteiger charge is 2.20. The second-order valence-corrected chi connectivity index (χ2v) is 3.36. The summed E-state index contributed by atoms with van der Waals surface area (Å²) in [5, 5.41) is 0. The first kappa shape index (κ1) is 11.2. The third-order valence-corrected chi connectivity index (χ3v) is 2.13. The van der Waals surface area contributed by atoms with Gasteiger partial charge in [-0.25, -0.2) is 0 Å². The van der Waals surface area contributed by atoms with Crippen molar-refractivity contribution in [2.24, 2.45) is 0 Å². The summed E-state index contributed by atoms with van der Waals surface area (Å²) in [6, 6.07) is 0. The van der Waals surface area contributed by atoms with E-state index in [2.05, 4.69) is 4.74 Å². The Bertz CT molecular complexity index is 206. The summed E-state index contributed by atoms with van der Waals surface area (Å²) >= 11 is 0. The minimum absolute atomic E-state index is 0.0249. The van der Waals surface area contributed by atoms with E-state index in [0.717, 1.165) is 19.4 Å². The van der Waals surface area contributed by atoms with Crippen LogP contribution < -0.4 is 0 Å². The molecular weight excluding hydrogens is 184 g/mol. The van der Waals surface area contributed by atoms with E-state index in [9.17, 15) is 9.59 Å². The van der Waals surface area contributed by atoms with Crippen molar-refractivity contribution in [3.63, 3.8) is 0 Å². The molecule has 1 heterocycles. The summed E-state index contributed by atoms with van der Waals surface area (Å²) in [7, 11) is 0. The van der Waals surface area contributed by atoms with E-state index in [-0.39, 0.29) is 18.3 Å². The summed E-state index contributed by atoms with van der Waals surface area (Å²) in [6.45, 7) is 2.78. The lowest BCUT2D eigenvalue weighted by Gasteiger charge is -2.07. The fourth-order valence-electron chi connectivity index (χ4n) is 1.50. The lowest BCUT2D eigenvalue weighted by Crippen LogP contribution is -2.17. The molecule has 1 fully saturated rings. The molecule has 0 radical (unpaired) electrons. The molecule has 0 aliphatic carbocycles. The zero-order valence-electron chi connectivity index (χ0n) is 8.45. The average Bonchev–Trinajstić information content (AvgIpc) is 2.56. The first-order valence-corrected chi connectivity index (χ1v) is 5.01. The second-order valence-electron chi connectivity index (χ2n) is 3.36. The fraction of sp³-hybridized carbons (Fsp3) is 0.800. The maximum absolute atomic E-state index is 11.3. The smallest absolute Gasteiger partial charge is 0.313 e. The summed E-state index contributed by atoms with van der Waals surface area (Å²) in [5.41, 5.74) is 0.